The van der Waals surface area contributed by atoms with Crippen LogP contribution in [0.5, 0.6) is 0 Å². The molecule has 6 nitrogen and oxygen atoms in total. The highest BCUT2D eigenvalue weighted by molar-refractivity contribution is 14.0. The molecule has 0 atom stereocenters. The van der Waals surface area contributed by atoms with Gasteiger partial charge in [-0.05, 0) is 36.8 Å². The molecular weight excluding hydrogens is 405 g/mol. The number of hydrogen-bond acceptors (Lipinski definition) is 4. The van der Waals surface area contributed by atoms with Gasteiger partial charge in [-0.25, -0.2) is 9.98 Å². The molecule has 2 heterocycles. The molecule has 126 valence electrons. The van der Waals surface area contributed by atoms with Crippen molar-refractivity contribution in [1.29, 1.82) is 0 Å². The number of furan rings is 1. The van der Waals surface area contributed by atoms with E-state index in [1.54, 1.807) is 6.26 Å². The first-order chi connectivity index (χ1) is 10.7. The van der Waals surface area contributed by atoms with E-state index >= 15 is 0 Å². The zero-order valence-corrected chi connectivity index (χ0v) is 16.1. The summed E-state index contributed by atoms with van der Waals surface area (Å²) in [6.45, 7) is 4.05. The van der Waals surface area contributed by atoms with Crippen LogP contribution in [-0.2, 0) is 13.1 Å². The first kappa shape index (κ1) is 19.3. The van der Waals surface area contributed by atoms with Gasteiger partial charge in [0.05, 0.1) is 19.4 Å². The number of hydrogen-bond donors (Lipinski definition) is 2. The van der Waals surface area contributed by atoms with Crippen molar-refractivity contribution >= 4 is 35.8 Å². The van der Waals surface area contributed by atoms with E-state index in [9.17, 15) is 0 Å². The molecule has 2 aromatic heterocycles. The molecule has 0 unspecified atom stereocenters. The fraction of sp³-hybridized carbons (Fsp3) is 0.375. The number of rotatable bonds is 6. The van der Waals surface area contributed by atoms with Crippen LogP contribution in [0.2, 0.25) is 0 Å². The van der Waals surface area contributed by atoms with E-state index in [1.807, 2.05) is 56.4 Å². The predicted molar refractivity (Wildman–Crippen MR) is 104 cm³/mol. The maximum atomic E-state index is 5.31. The highest BCUT2D eigenvalue weighted by Crippen LogP contribution is 2.10. The van der Waals surface area contributed by atoms with Crippen LogP contribution in [0.15, 0.2) is 46.1 Å². The molecule has 0 amide bonds. The van der Waals surface area contributed by atoms with Crippen molar-refractivity contribution in [2.24, 2.45) is 4.99 Å². The first-order valence-corrected chi connectivity index (χ1v) is 7.36. The third-order valence-electron chi connectivity index (χ3n) is 3.04. The Morgan fingerprint density at radius 3 is 2.78 bits per heavy atom. The maximum absolute atomic E-state index is 5.31. The van der Waals surface area contributed by atoms with Gasteiger partial charge in [-0.2, -0.15) is 0 Å². The number of guanidine groups is 1. The fourth-order valence-electron chi connectivity index (χ4n) is 1.90. The Hall–Kier alpha value is -1.77. The second kappa shape index (κ2) is 10.1. The van der Waals surface area contributed by atoms with E-state index < -0.39 is 0 Å². The lowest BCUT2D eigenvalue weighted by molar-refractivity contribution is 0.501. The van der Waals surface area contributed by atoms with Gasteiger partial charge in [0.1, 0.15) is 11.6 Å². The third-order valence-corrected chi connectivity index (χ3v) is 3.04. The third kappa shape index (κ3) is 6.47. The van der Waals surface area contributed by atoms with Crippen molar-refractivity contribution in [2.75, 3.05) is 25.5 Å². The molecule has 0 aliphatic carbocycles. The van der Waals surface area contributed by atoms with Crippen molar-refractivity contribution in [3.63, 3.8) is 0 Å². The van der Waals surface area contributed by atoms with Gasteiger partial charge in [0.2, 0.25) is 0 Å². The molecular formula is C16H24IN5O. The average Bonchev–Trinajstić information content (AvgIpc) is 3.03. The smallest absolute Gasteiger partial charge is 0.191 e. The Bertz CT molecular complexity index is 598. The molecule has 2 N–H and O–H groups in total. The number of aromatic nitrogens is 1. The summed E-state index contributed by atoms with van der Waals surface area (Å²) in [5.41, 5.74) is 1.12. The standard InChI is InChI=1S/C16H23N5O.HI/c1-4-17-16(20-12-14-6-5-9-22-14)19-11-13-7-8-18-15(10-13)21(2)3;/h5-10H,4,11-12H2,1-3H3,(H2,17,19,20);1H. The Labute approximate surface area is 154 Å². The molecule has 0 saturated heterocycles. The van der Waals surface area contributed by atoms with Gasteiger partial charge >= 0.3 is 0 Å². The van der Waals surface area contributed by atoms with E-state index in [-0.39, 0.29) is 24.0 Å². The van der Waals surface area contributed by atoms with Crippen LogP contribution in [0.4, 0.5) is 5.82 Å². The second-order valence-electron chi connectivity index (χ2n) is 5.04. The predicted octanol–water partition coefficient (Wildman–Crippen LogP) is 2.61. The number of anilines is 1. The molecule has 0 fully saturated rings. The van der Waals surface area contributed by atoms with Crippen LogP contribution in [0, 0.1) is 0 Å². The van der Waals surface area contributed by atoms with Gasteiger partial charge in [-0.3, -0.25) is 0 Å². The highest BCUT2D eigenvalue weighted by Gasteiger charge is 2.02. The number of halogens is 1. The maximum Gasteiger partial charge on any atom is 0.191 e. The summed E-state index contributed by atoms with van der Waals surface area (Å²) >= 11 is 0. The molecule has 7 heteroatoms. The SMILES string of the molecule is CCNC(=NCc1ccnc(N(C)C)c1)NCc1ccco1.I. The summed E-state index contributed by atoms with van der Waals surface area (Å²) in [4.78, 5) is 10.9. The van der Waals surface area contributed by atoms with Gasteiger partial charge in [-0.15, -0.1) is 24.0 Å². The van der Waals surface area contributed by atoms with E-state index in [0.29, 0.717) is 13.1 Å². The second-order valence-corrected chi connectivity index (χ2v) is 5.04. The molecule has 0 bridgehead atoms. The van der Waals surface area contributed by atoms with Crippen LogP contribution in [0.25, 0.3) is 0 Å². The zero-order valence-electron chi connectivity index (χ0n) is 13.7. The zero-order chi connectivity index (χ0) is 15.8. The van der Waals surface area contributed by atoms with Crippen molar-refractivity contribution < 1.29 is 4.42 Å². The van der Waals surface area contributed by atoms with Crippen LogP contribution in [0.3, 0.4) is 0 Å². The fourth-order valence-corrected chi connectivity index (χ4v) is 1.90. The minimum absolute atomic E-state index is 0. The lowest BCUT2D eigenvalue weighted by atomic mass is 10.2. The molecule has 0 radical (unpaired) electrons. The number of pyridine rings is 1. The van der Waals surface area contributed by atoms with Gasteiger partial charge < -0.3 is 20.0 Å². The molecule has 0 spiro atoms. The lowest BCUT2D eigenvalue weighted by Gasteiger charge is -2.12. The van der Waals surface area contributed by atoms with Crippen LogP contribution < -0.4 is 15.5 Å². The number of nitrogens with one attached hydrogen (secondary N) is 2. The van der Waals surface area contributed by atoms with E-state index in [0.717, 1.165) is 29.6 Å². The Balaban J connectivity index is 0.00000264. The van der Waals surface area contributed by atoms with Crippen molar-refractivity contribution in [2.45, 2.75) is 20.0 Å². The molecule has 0 aliphatic heterocycles. The van der Waals surface area contributed by atoms with Gasteiger partial charge in [0.15, 0.2) is 5.96 Å². The van der Waals surface area contributed by atoms with Crippen molar-refractivity contribution in [1.82, 2.24) is 15.6 Å². The number of aliphatic imine (C=N–C) groups is 1. The van der Waals surface area contributed by atoms with Crippen LogP contribution >= 0.6 is 24.0 Å². The summed E-state index contributed by atoms with van der Waals surface area (Å²) in [5, 5.41) is 6.47. The quantitative estimate of drug-likeness (QED) is 0.420. The van der Waals surface area contributed by atoms with Crippen molar-refractivity contribution in [3.05, 3.63) is 48.0 Å². The lowest BCUT2D eigenvalue weighted by Crippen LogP contribution is -2.36. The summed E-state index contributed by atoms with van der Waals surface area (Å²) in [5.74, 6) is 2.58. The number of nitrogens with zero attached hydrogens (tertiary/aromatic N) is 3. The van der Waals surface area contributed by atoms with E-state index in [1.165, 1.54) is 0 Å². The monoisotopic (exact) mass is 429 g/mol. The van der Waals surface area contributed by atoms with Gasteiger partial charge in [0, 0.05) is 26.8 Å². The highest BCUT2D eigenvalue weighted by atomic mass is 127. The summed E-state index contributed by atoms with van der Waals surface area (Å²) in [6, 6.07) is 7.83. The molecule has 23 heavy (non-hydrogen) atoms. The summed E-state index contributed by atoms with van der Waals surface area (Å²) in [6.07, 6.45) is 3.48. The normalized spacial score (nSPS) is 10.8. The van der Waals surface area contributed by atoms with Crippen LogP contribution in [0.1, 0.15) is 18.2 Å². The van der Waals surface area contributed by atoms with E-state index in [2.05, 4.69) is 20.6 Å². The van der Waals surface area contributed by atoms with Gasteiger partial charge in [0.25, 0.3) is 0 Å². The largest absolute Gasteiger partial charge is 0.467 e. The topological polar surface area (TPSA) is 65.7 Å². The summed E-state index contributed by atoms with van der Waals surface area (Å²) < 4.78 is 5.31. The Morgan fingerprint density at radius 1 is 1.30 bits per heavy atom. The molecule has 0 aromatic carbocycles. The average molecular weight is 429 g/mol. The van der Waals surface area contributed by atoms with E-state index in [4.69, 9.17) is 4.42 Å². The van der Waals surface area contributed by atoms with Crippen LogP contribution in [-0.4, -0.2) is 31.6 Å². The molecule has 0 aliphatic rings. The Morgan fingerprint density at radius 2 is 2.13 bits per heavy atom. The Kier molecular flexibility index (Phi) is 8.46. The minimum atomic E-state index is 0. The molecule has 2 aromatic rings. The molecule has 0 saturated carbocycles. The van der Waals surface area contributed by atoms with Gasteiger partial charge in [-0.1, -0.05) is 0 Å². The van der Waals surface area contributed by atoms with Crippen molar-refractivity contribution in [3.8, 4) is 0 Å². The summed E-state index contributed by atoms with van der Waals surface area (Å²) in [7, 11) is 3.95. The molecule has 2 rings (SSSR count). The first-order valence-electron chi connectivity index (χ1n) is 7.36. The minimum Gasteiger partial charge on any atom is -0.467 e.